The first-order valence-electron chi connectivity index (χ1n) is 5.75. The van der Waals surface area contributed by atoms with Gasteiger partial charge in [-0.3, -0.25) is 4.99 Å². The van der Waals surface area contributed by atoms with Crippen molar-refractivity contribution in [3.05, 3.63) is 0 Å². The number of guanidine groups is 1. The van der Waals surface area contributed by atoms with E-state index in [-0.39, 0.29) is 29.6 Å². The first-order valence-corrected chi connectivity index (χ1v) is 5.75. The average Bonchev–Trinajstić information content (AvgIpc) is 2.98. The van der Waals surface area contributed by atoms with Crippen molar-refractivity contribution in [1.29, 1.82) is 0 Å². The van der Waals surface area contributed by atoms with Crippen molar-refractivity contribution in [2.45, 2.75) is 43.7 Å². The molecule has 4 nitrogen and oxygen atoms in total. The molecule has 94 valence electrons. The Morgan fingerprint density at radius 3 is 2.50 bits per heavy atom. The lowest BCUT2D eigenvalue weighted by Gasteiger charge is -2.39. The van der Waals surface area contributed by atoms with E-state index >= 15 is 0 Å². The van der Waals surface area contributed by atoms with Gasteiger partial charge in [-0.2, -0.15) is 0 Å². The van der Waals surface area contributed by atoms with Crippen LogP contribution < -0.4 is 5.73 Å². The van der Waals surface area contributed by atoms with Crippen LogP contribution in [0.4, 0.5) is 0 Å². The number of halogens is 1. The van der Waals surface area contributed by atoms with Gasteiger partial charge >= 0.3 is 0 Å². The van der Waals surface area contributed by atoms with Crippen LogP contribution in [0.1, 0.15) is 32.1 Å². The van der Waals surface area contributed by atoms with Gasteiger partial charge in [-0.15, -0.1) is 24.0 Å². The minimum Gasteiger partial charge on any atom is -0.376 e. The molecule has 2 N–H and O–H groups in total. The Hall–Kier alpha value is -0.0400. The molecular weight excluding hydrogens is 317 g/mol. The van der Waals surface area contributed by atoms with E-state index < -0.39 is 0 Å². The smallest absolute Gasteiger partial charge is 0.191 e. The zero-order valence-electron chi connectivity index (χ0n) is 10.1. The van der Waals surface area contributed by atoms with Crippen molar-refractivity contribution in [2.75, 3.05) is 20.7 Å². The van der Waals surface area contributed by atoms with Crippen LogP contribution in [0.15, 0.2) is 4.99 Å². The van der Waals surface area contributed by atoms with Gasteiger partial charge in [0, 0.05) is 20.2 Å². The summed E-state index contributed by atoms with van der Waals surface area (Å²) < 4.78 is 5.50. The Kier molecular flexibility index (Phi) is 4.85. The maximum atomic E-state index is 5.92. The summed E-state index contributed by atoms with van der Waals surface area (Å²) in [5, 5.41) is 0. The third-order valence-electron chi connectivity index (χ3n) is 3.68. The van der Waals surface area contributed by atoms with Crippen molar-refractivity contribution < 1.29 is 4.74 Å². The summed E-state index contributed by atoms with van der Waals surface area (Å²) >= 11 is 0. The molecule has 16 heavy (non-hydrogen) atoms. The maximum absolute atomic E-state index is 5.92. The molecule has 2 saturated carbocycles. The lowest BCUT2D eigenvalue weighted by molar-refractivity contribution is -0.0630. The lowest BCUT2D eigenvalue weighted by atomic mass is 9.80. The van der Waals surface area contributed by atoms with Gasteiger partial charge in [-0.1, -0.05) is 0 Å². The summed E-state index contributed by atoms with van der Waals surface area (Å²) in [7, 11) is 3.80. The summed E-state index contributed by atoms with van der Waals surface area (Å²) in [5.74, 6) is 0.667. The molecule has 0 atom stereocenters. The van der Waals surface area contributed by atoms with Crippen molar-refractivity contribution in [1.82, 2.24) is 4.90 Å². The highest BCUT2D eigenvalue weighted by molar-refractivity contribution is 14.0. The highest BCUT2D eigenvalue weighted by Gasteiger charge is 2.37. The van der Waals surface area contributed by atoms with E-state index in [2.05, 4.69) is 9.89 Å². The van der Waals surface area contributed by atoms with E-state index in [0.29, 0.717) is 18.5 Å². The number of ether oxygens (including phenoxy) is 1. The number of nitrogens with two attached hydrogens (primary N) is 1. The Morgan fingerprint density at radius 2 is 2.12 bits per heavy atom. The van der Waals surface area contributed by atoms with Crippen LogP contribution in [0.3, 0.4) is 0 Å². The van der Waals surface area contributed by atoms with Crippen molar-refractivity contribution in [2.24, 2.45) is 10.7 Å². The standard InChI is InChI=1S/C11H21N3O.HI/c1-14(9-4-5-9)10(12)13-8-11(15-2)6-3-7-11;/h9H,3-8H2,1-2H3,(H2,12,13);1H. The first kappa shape index (κ1) is 14.0. The Morgan fingerprint density at radius 1 is 1.50 bits per heavy atom. The molecule has 0 saturated heterocycles. The van der Waals surface area contributed by atoms with Crippen molar-refractivity contribution in [3.8, 4) is 0 Å². The molecule has 0 radical (unpaired) electrons. The summed E-state index contributed by atoms with van der Waals surface area (Å²) in [5.41, 5.74) is 5.91. The minimum atomic E-state index is -0.00495. The molecule has 0 aromatic carbocycles. The molecule has 0 aromatic rings. The molecule has 0 heterocycles. The molecule has 0 unspecified atom stereocenters. The van der Waals surface area contributed by atoms with Crippen LogP contribution in [0.2, 0.25) is 0 Å². The largest absolute Gasteiger partial charge is 0.376 e. The van der Waals surface area contributed by atoms with Crippen LogP contribution in [0, 0.1) is 0 Å². The Balaban J connectivity index is 0.00000128. The normalized spacial score (nSPS) is 23.2. The van der Waals surface area contributed by atoms with Gasteiger partial charge in [-0.25, -0.2) is 0 Å². The Labute approximate surface area is 115 Å². The fourth-order valence-electron chi connectivity index (χ4n) is 1.98. The van der Waals surface area contributed by atoms with Gasteiger partial charge in [0.25, 0.3) is 0 Å². The van der Waals surface area contributed by atoms with Crippen LogP contribution in [-0.4, -0.2) is 43.2 Å². The van der Waals surface area contributed by atoms with E-state index in [9.17, 15) is 0 Å². The molecule has 0 spiro atoms. The highest BCUT2D eigenvalue weighted by atomic mass is 127. The second-order valence-corrected chi connectivity index (χ2v) is 4.76. The molecule has 2 rings (SSSR count). The zero-order chi connectivity index (χ0) is 10.9. The van der Waals surface area contributed by atoms with E-state index in [1.807, 2.05) is 7.05 Å². The summed E-state index contributed by atoms with van der Waals surface area (Å²) in [6.07, 6.45) is 5.99. The van der Waals surface area contributed by atoms with Crippen molar-refractivity contribution >= 4 is 29.9 Å². The van der Waals surface area contributed by atoms with Gasteiger partial charge < -0.3 is 15.4 Å². The van der Waals surface area contributed by atoms with E-state index in [1.54, 1.807) is 7.11 Å². The molecule has 5 heteroatoms. The fraction of sp³-hybridized carbons (Fsp3) is 0.909. The molecule has 0 aliphatic heterocycles. The van der Waals surface area contributed by atoms with Gasteiger partial charge in [0.2, 0.25) is 0 Å². The quantitative estimate of drug-likeness (QED) is 0.481. The van der Waals surface area contributed by atoms with Gasteiger partial charge in [0.15, 0.2) is 5.96 Å². The summed E-state index contributed by atoms with van der Waals surface area (Å²) in [4.78, 5) is 6.53. The lowest BCUT2D eigenvalue weighted by Crippen LogP contribution is -2.44. The Bertz CT molecular complexity index is 256. The van der Waals surface area contributed by atoms with Gasteiger partial charge in [0.1, 0.15) is 0 Å². The molecule has 2 aliphatic rings. The number of aliphatic imine (C=N–C) groups is 1. The molecular formula is C11H22IN3O. The molecule has 0 bridgehead atoms. The van der Waals surface area contributed by atoms with Gasteiger partial charge in [-0.05, 0) is 32.1 Å². The average molecular weight is 339 g/mol. The monoisotopic (exact) mass is 339 g/mol. The topological polar surface area (TPSA) is 50.9 Å². The highest BCUT2D eigenvalue weighted by Crippen LogP contribution is 2.35. The third kappa shape index (κ3) is 3.00. The second kappa shape index (κ2) is 5.53. The number of hydrogen-bond acceptors (Lipinski definition) is 2. The zero-order valence-corrected chi connectivity index (χ0v) is 12.4. The molecule has 0 aromatic heterocycles. The first-order chi connectivity index (χ1) is 7.17. The van der Waals surface area contributed by atoms with Crippen molar-refractivity contribution in [3.63, 3.8) is 0 Å². The summed E-state index contributed by atoms with van der Waals surface area (Å²) in [6, 6.07) is 0.633. The van der Waals surface area contributed by atoms with Crippen LogP contribution in [0.25, 0.3) is 0 Å². The molecule has 2 fully saturated rings. The van der Waals surface area contributed by atoms with Crippen LogP contribution in [-0.2, 0) is 4.74 Å². The maximum Gasteiger partial charge on any atom is 0.191 e. The number of rotatable bonds is 4. The van der Waals surface area contributed by atoms with E-state index in [1.165, 1.54) is 19.3 Å². The van der Waals surface area contributed by atoms with Gasteiger partial charge in [0.05, 0.1) is 12.1 Å². The van der Waals surface area contributed by atoms with Crippen LogP contribution in [0.5, 0.6) is 0 Å². The number of hydrogen-bond donors (Lipinski definition) is 1. The fourth-order valence-corrected chi connectivity index (χ4v) is 1.98. The third-order valence-corrected chi connectivity index (χ3v) is 3.68. The SMILES string of the molecule is COC1(CN=C(N)N(C)C2CC2)CCC1.I. The number of methoxy groups -OCH3 is 1. The molecule has 0 amide bonds. The van der Waals surface area contributed by atoms with Crippen LogP contribution >= 0.6 is 24.0 Å². The predicted octanol–water partition coefficient (Wildman–Crippen LogP) is 1.58. The predicted molar refractivity (Wildman–Crippen MR) is 76.3 cm³/mol. The second-order valence-electron chi connectivity index (χ2n) is 4.76. The molecule has 2 aliphatic carbocycles. The number of nitrogens with zero attached hydrogens (tertiary/aromatic N) is 2. The minimum absolute atomic E-state index is 0. The summed E-state index contributed by atoms with van der Waals surface area (Å²) in [6.45, 7) is 0.715. The van der Waals surface area contributed by atoms with E-state index in [0.717, 1.165) is 12.8 Å². The van der Waals surface area contributed by atoms with E-state index in [4.69, 9.17) is 10.5 Å².